The molecule has 26 heavy (non-hydrogen) atoms. The van der Waals surface area contributed by atoms with Crippen LogP contribution in [0.5, 0.6) is 0 Å². The molecule has 0 aliphatic carbocycles. The van der Waals surface area contributed by atoms with E-state index in [1.54, 1.807) is 30.3 Å². The molecular weight excluding hydrogens is 346 g/mol. The number of halogens is 2. The fourth-order valence-electron chi connectivity index (χ4n) is 2.38. The molecule has 0 aliphatic heterocycles. The SMILES string of the molecule is C[C@](N)(CC(=O)O)c1ccc(F)c(NC(=O)OCc2ccccc2)c1F. The van der Waals surface area contributed by atoms with Gasteiger partial charge in [0.15, 0.2) is 5.82 Å². The Balaban J connectivity index is 2.17. The van der Waals surface area contributed by atoms with E-state index in [9.17, 15) is 18.4 Å². The molecule has 138 valence electrons. The molecule has 0 saturated carbocycles. The second kappa shape index (κ2) is 7.92. The molecule has 6 nitrogen and oxygen atoms in total. The van der Waals surface area contributed by atoms with Crippen LogP contribution in [-0.4, -0.2) is 17.2 Å². The Morgan fingerprint density at radius 3 is 2.46 bits per heavy atom. The molecule has 0 spiro atoms. The number of hydrogen-bond acceptors (Lipinski definition) is 4. The van der Waals surface area contributed by atoms with Crippen molar-refractivity contribution in [3.8, 4) is 0 Å². The monoisotopic (exact) mass is 364 g/mol. The quantitative estimate of drug-likeness (QED) is 0.729. The molecule has 0 saturated heterocycles. The van der Waals surface area contributed by atoms with Crippen LogP contribution in [0.4, 0.5) is 19.3 Å². The second-order valence-corrected chi connectivity index (χ2v) is 5.96. The Labute approximate surface area is 148 Å². The first-order valence-corrected chi connectivity index (χ1v) is 7.67. The summed E-state index contributed by atoms with van der Waals surface area (Å²) < 4.78 is 33.5. The number of ether oxygens (including phenoxy) is 1. The summed E-state index contributed by atoms with van der Waals surface area (Å²) in [7, 11) is 0. The topological polar surface area (TPSA) is 102 Å². The van der Waals surface area contributed by atoms with Crippen molar-refractivity contribution >= 4 is 17.7 Å². The number of anilines is 1. The summed E-state index contributed by atoms with van der Waals surface area (Å²) in [4.78, 5) is 22.7. The Morgan fingerprint density at radius 1 is 1.19 bits per heavy atom. The van der Waals surface area contributed by atoms with Crippen LogP contribution >= 0.6 is 0 Å². The van der Waals surface area contributed by atoms with Crippen molar-refractivity contribution in [2.75, 3.05) is 5.32 Å². The molecule has 4 N–H and O–H groups in total. The van der Waals surface area contributed by atoms with Gasteiger partial charge in [0.25, 0.3) is 0 Å². The van der Waals surface area contributed by atoms with Crippen molar-refractivity contribution in [1.82, 2.24) is 0 Å². The maximum Gasteiger partial charge on any atom is 0.412 e. The first-order valence-electron chi connectivity index (χ1n) is 7.67. The van der Waals surface area contributed by atoms with E-state index < -0.39 is 41.3 Å². The molecule has 0 aliphatic rings. The van der Waals surface area contributed by atoms with Crippen LogP contribution < -0.4 is 11.1 Å². The van der Waals surface area contributed by atoms with Crippen molar-refractivity contribution in [3.05, 3.63) is 65.2 Å². The molecule has 0 fully saturated rings. The van der Waals surface area contributed by atoms with Crippen LogP contribution in [0.2, 0.25) is 0 Å². The summed E-state index contributed by atoms with van der Waals surface area (Å²) in [6.45, 7) is 1.22. The highest BCUT2D eigenvalue weighted by Crippen LogP contribution is 2.30. The number of rotatable bonds is 6. The van der Waals surface area contributed by atoms with Crippen molar-refractivity contribution in [1.29, 1.82) is 0 Å². The van der Waals surface area contributed by atoms with E-state index in [1.165, 1.54) is 6.92 Å². The second-order valence-electron chi connectivity index (χ2n) is 5.96. The van der Waals surface area contributed by atoms with Crippen molar-refractivity contribution in [2.45, 2.75) is 25.5 Å². The first-order chi connectivity index (χ1) is 12.2. The van der Waals surface area contributed by atoms with Gasteiger partial charge in [-0.05, 0) is 18.6 Å². The lowest BCUT2D eigenvalue weighted by molar-refractivity contribution is -0.138. The van der Waals surface area contributed by atoms with E-state index in [0.29, 0.717) is 5.56 Å². The first kappa shape index (κ1) is 19.3. The van der Waals surface area contributed by atoms with E-state index in [1.807, 2.05) is 5.32 Å². The molecule has 0 unspecified atom stereocenters. The lowest BCUT2D eigenvalue weighted by Gasteiger charge is -2.24. The Kier molecular flexibility index (Phi) is 5.89. The average Bonchev–Trinajstić information content (AvgIpc) is 2.56. The van der Waals surface area contributed by atoms with Crippen molar-refractivity contribution < 1.29 is 28.2 Å². The van der Waals surface area contributed by atoms with Gasteiger partial charge in [-0.1, -0.05) is 36.4 Å². The van der Waals surface area contributed by atoms with Gasteiger partial charge in [-0.15, -0.1) is 0 Å². The minimum atomic E-state index is -1.59. The molecule has 2 aromatic rings. The minimum absolute atomic E-state index is 0.0801. The van der Waals surface area contributed by atoms with E-state index in [2.05, 4.69) is 0 Å². The Morgan fingerprint density at radius 2 is 1.85 bits per heavy atom. The van der Waals surface area contributed by atoms with E-state index in [-0.39, 0.29) is 12.2 Å². The summed E-state index contributed by atoms with van der Waals surface area (Å²) >= 11 is 0. The number of carbonyl (C=O) groups is 2. The molecule has 8 heteroatoms. The number of benzene rings is 2. The molecule has 0 aromatic heterocycles. The molecule has 0 bridgehead atoms. The zero-order chi connectivity index (χ0) is 19.3. The molecule has 1 atom stereocenters. The van der Waals surface area contributed by atoms with Gasteiger partial charge in [0.05, 0.1) is 12.0 Å². The number of hydrogen-bond donors (Lipinski definition) is 3. The maximum atomic E-state index is 14.6. The molecule has 1 amide bonds. The largest absolute Gasteiger partial charge is 0.481 e. The van der Waals surface area contributed by atoms with Crippen LogP contribution in [0.15, 0.2) is 42.5 Å². The normalized spacial score (nSPS) is 12.9. The number of carboxylic acid groups (broad SMARTS) is 1. The number of carboxylic acids is 1. The summed E-state index contributed by atoms with van der Waals surface area (Å²) in [5.74, 6) is -3.42. The third-order valence-corrected chi connectivity index (χ3v) is 3.66. The highest BCUT2D eigenvalue weighted by atomic mass is 19.1. The van der Waals surface area contributed by atoms with E-state index in [0.717, 1.165) is 12.1 Å². The number of amides is 1. The maximum absolute atomic E-state index is 14.6. The van der Waals surface area contributed by atoms with Crippen LogP contribution in [0, 0.1) is 11.6 Å². The fourth-order valence-corrected chi connectivity index (χ4v) is 2.38. The summed E-state index contributed by atoms with van der Waals surface area (Å²) in [6, 6.07) is 10.7. The zero-order valence-electron chi connectivity index (χ0n) is 14.0. The van der Waals surface area contributed by atoms with Gasteiger partial charge in [0.2, 0.25) is 0 Å². The number of carbonyl (C=O) groups excluding carboxylic acids is 1. The minimum Gasteiger partial charge on any atom is -0.481 e. The highest BCUT2D eigenvalue weighted by Gasteiger charge is 2.30. The van der Waals surface area contributed by atoms with Crippen LogP contribution in [0.1, 0.15) is 24.5 Å². The number of aliphatic carboxylic acids is 1. The summed E-state index contributed by atoms with van der Waals surface area (Å²) in [5.41, 5.74) is 3.97. The Bertz CT molecular complexity index is 810. The van der Waals surface area contributed by atoms with Crippen LogP contribution in [-0.2, 0) is 21.7 Å². The third-order valence-electron chi connectivity index (χ3n) is 3.66. The summed E-state index contributed by atoms with van der Waals surface area (Å²) in [5, 5.41) is 10.9. The summed E-state index contributed by atoms with van der Waals surface area (Å²) in [6.07, 6.45) is -1.63. The lowest BCUT2D eigenvalue weighted by Crippen LogP contribution is -2.37. The molecular formula is C18H18F2N2O4. The number of nitrogens with one attached hydrogen (secondary N) is 1. The third kappa shape index (κ3) is 4.76. The average molecular weight is 364 g/mol. The van der Waals surface area contributed by atoms with Gasteiger partial charge in [-0.3, -0.25) is 10.1 Å². The smallest absolute Gasteiger partial charge is 0.412 e. The van der Waals surface area contributed by atoms with Crippen LogP contribution in [0.25, 0.3) is 0 Å². The van der Waals surface area contributed by atoms with Gasteiger partial charge in [-0.2, -0.15) is 0 Å². The molecule has 0 radical (unpaired) electrons. The lowest BCUT2D eigenvalue weighted by atomic mass is 9.89. The molecule has 2 aromatic carbocycles. The number of nitrogens with two attached hydrogens (primary N) is 1. The highest BCUT2D eigenvalue weighted by molar-refractivity contribution is 5.85. The van der Waals surface area contributed by atoms with Gasteiger partial charge < -0.3 is 15.6 Å². The van der Waals surface area contributed by atoms with Gasteiger partial charge in [-0.25, -0.2) is 13.6 Å². The van der Waals surface area contributed by atoms with Gasteiger partial charge >= 0.3 is 12.1 Å². The standard InChI is InChI=1S/C18H18F2N2O4/c1-18(21,9-14(23)24)12-7-8-13(19)16(15(12)20)22-17(25)26-10-11-5-3-2-4-6-11/h2-8H,9-10,21H2,1H3,(H,22,25)(H,23,24)/t18-/m0/s1. The predicted molar refractivity (Wildman–Crippen MR) is 90.4 cm³/mol. The van der Waals surface area contributed by atoms with Crippen molar-refractivity contribution in [2.24, 2.45) is 5.73 Å². The van der Waals surface area contributed by atoms with Gasteiger partial charge in [0.1, 0.15) is 18.1 Å². The fraction of sp³-hybridized carbons (Fsp3) is 0.222. The zero-order valence-corrected chi connectivity index (χ0v) is 14.0. The molecule has 2 rings (SSSR count). The molecule has 0 heterocycles. The van der Waals surface area contributed by atoms with E-state index >= 15 is 0 Å². The van der Waals surface area contributed by atoms with Crippen LogP contribution in [0.3, 0.4) is 0 Å². The Hall–Kier alpha value is -3.00. The van der Waals surface area contributed by atoms with Crippen molar-refractivity contribution in [3.63, 3.8) is 0 Å². The predicted octanol–water partition coefficient (Wildman–Crippen LogP) is 3.36. The van der Waals surface area contributed by atoms with E-state index in [4.69, 9.17) is 15.6 Å². The van der Waals surface area contributed by atoms with Gasteiger partial charge in [0, 0.05) is 5.56 Å².